The van der Waals surface area contributed by atoms with Crippen LogP contribution in [0.4, 0.5) is 0 Å². The molecule has 0 radical (unpaired) electrons. The Morgan fingerprint density at radius 2 is 2.10 bits per heavy atom. The molecule has 0 spiro atoms. The lowest BCUT2D eigenvalue weighted by atomic mass is 10.2. The van der Waals surface area contributed by atoms with Crippen LogP contribution < -0.4 is 16.0 Å². The minimum atomic E-state index is -0.273. The molecule has 0 saturated carbocycles. The predicted octanol–water partition coefficient (Wildman–Crippen LogP) is 1.94. The molecule has 0 aliphatic heterocycles. The molecule has 1 aromatic carbocycles. The van der Waals surface area contributed by atoms with Gasteiger partial charge in [0.25, 0.3) is 5.56 Å². The van der Waals surface area contributed by atoms with Crippen molar-refractivity contribution in [3.63, 3.8) is 0 Å². The van der Waals surface area contributed by atoms with Crippen LogP contribution in [0.2, 0.25) is 10.0 Å². The van der Waals surface area contributed by atoms with Crippen molar-refractivity contribution < 1.29 is 4.74 Å². The highest BCUT2D eigenvalue weighted by Gasteiger charge is 2.06. The molecule has 0 saturated heterocycles. The highest BCUT2D eigenvalue weighted by molar-refractivity contribution is 6.35. The smallest absolute Gasteiger partial charge is 0.270 e. The summed E-state index contributed by atoms with van der Waals surface area (Å²) in [6, 6.07) is 6.47. The first-order valence-electron chi connectivity index (χ1n) is 5.94. The molecule has 0 unspecified atom stereocenters. The van der Waals surface area contributed by atoms with Crippen LogP contribution in [-0.2, 0) is 6.54 Å². The molecular formula is C13H13Cl2N3O2. The third-order valence-corrected chi connectivity index (χ3v) is 3.15. The van der Waals surface area contributed by atoms with E-state index in [1.165, 1.54) is 16.9 Å². The van der Waals surface area contributed by atoms with Gasteiger partial charge >= 0.3 is 0 Å². The maximum absolute atomic E-state index is 11.9. The molecule has 0 aliphatic carbocycles. The number of halogens is 2. The third kappa shape index (κ3) is 3.72. The van der Waals surface area contributed by atoms with Crippen molar-refractivity contribution in [2.24, 2.45) is 5.73 Å². The van der Waals surface area contributed by atoms with Crippen LogP contribution in [0.15, 0.2) is 35.3 Å². The first kappa shape index (κ1) is 14.8. The molecule has 2 N–H and O–H groups in total. The third-order valence-electron chi connectivity index (χ3n) is 2.57. The van der Waals surface area contributed by atoms with E-state index in [1.54, 1.807) is 18.2 Å². The van der Waals surface area contributed by atoms with Crippen LogP contribution in [0.5, 0.6) is 5.75 Å². The number of benzene rings is 1. The van der Waals surface area contributed by atoms with Gasteiger partial charge < -0.3 is 10.5 Å². The Balaban J connectivity index is 2.19. The van der Waals surface area contributed by atoms with Crippen molar-refractivity contribution in [1.82, 2.24) is 9.78 Å². The van der Waals surface area contributed by atoms with Gasteiger partial charge in [-0.25, -0.2) is 4.68 Å². The summed E-state index contributed by atoms with van der Waals surface area (Å²) in [5.41, 5.74) is 5.81. The second kappa shape index (κ2) is 6.74. The minimum Gasteiger partial charge on any atom is -0.490 e. The Morgan fingerprint density at radius 3 is 2.75 bits per heavy atom. The van der Waals surface area contributed by atoms with Gasteiger partial charge in [-0.15, -0.1) is 0 Å². The predicted molar refractivity (Wildman–Crippen MR) is 78.6 cm³/mol. The van der Waals surface area contributed by atoms with E-state index in [-0.39, 0.29) is 12.1 Å². The van der Waals surface area contributed by atoms with E-state index in [9.17, 15) is 4.79 Å². The number of hydrogen-bond acceptors (Lipinski definition) is 4. The number of rotatable bonds is 5. The van der Waals surface area contributed by atoms with Gasteiger partial charge in [0.2, 0.25) is 0 Å². The van der Waals surface area contributed by atoms with Gasteiger partial charge in [0.15, 0.2) is 0 Å². The van der Waals surface area contributed by atoms with Crippen LogP contribution in [0, 0.1) is 0 Å². The molecule has 20 heavy (non-hydrogen) atoms. The lowest BCUT2D eigenvalue weighted by Crippen LogP contribution is -2.23. The highest BCUT2D eigenvalue weighted by atomic mass is 35.5. The van der Waals surface area contributed by atoms with Gasteiger partial charge in [0.1, 0.15) is 12.4 Å². The molecular weight excluding hydrogens is 301 g/mol. The first-order valence-corrected chi connectivity index (χ1v) is 6.69. The van der Waals surface area contributed by atoms with E-state index in [0.29, 0.717) is 28.9 Å². The van der Waals surface area contributed by atoms with Gasteiger partial charge in [-0.3, -0.25) is 4.79 Å². The molecule has 0 amide bonds. The second-order valence-corrected chi connectivity index (χ2v) is 4.90. The van der Waals surface area contributed by atoms with Crippen LogP contribution >= 0.6 is 23.2 Å². The van der Waals surface area contributed by atoms with E-state index in [1.807, 2.05) is 0 Å². The van der Waals surface area contributed by atoms with Crippen molar-refractivity contribution in [1.29, 1.82) is 0 Å². The standard InChI is InChI=1S/C13H13Cl2N3O2/c14-10-2-1-9(12(15)5-10)8-18-13(19)6-11(7-17-18)20-4-3-16/h1-2,5-7H,3-4,8,16H2. The Labute approximate surface area is 125 Å². The summed E-state index contributed by atoms with van der Waals surface area (Å²) in [6.45, 7) is 0.990. The second-order valence-electron chi connectivity index (χ2n) is 4.06. The molecule has 106 valence electrons. The molecule has 1 heterocycles. The van der Waals surface area contributed by atoms with Crippen LogP contribution in [0.1, 0.15) is 5.56 Å². The lowest BCUT2D eigenvalue weighted by molar-refractivity contribution is 0.324. The van der Waals surface area contributed by atoms with Gasteiger partial charge in [-0.1, -0.05) is 29.3 Å². The maximum atomic E-state index is 11.9. The van der Waals surface area contributed by atoms with Crippen molar-refractivity contribution in [2.45, 2.75) is 6.54 Å². The number of aromatic nitrogens is 2. The summed E-state index contributed by atoms with van der Waals surface area (Å²) in [5.74, 6) is 0.402. The average molecular weight is 314 g/mol. The molecule has 5 nitrogen and oxygen atoms in total. The monoisotopic (exact) mass is 313 g/mol. The van der Waals surface area contributed by atoms with Gasteiger partial charge in [0, 0.05) is 22.7 Å². The van der Waals surface area contributed by atoms with E-state index >= 15 is 0 Å². The molecule has 0 fully saturated rings. The Hall–Kier alpha value is -1.56. The number of nitrogens with two attached hydrogens (primary N) is 1. The van der Waals surface area contributed by atoms with E-state index in [4.69, 9.17) is 33.7 Å². The zero-order chi connectivity index (χ0) is 14.5. The molecule has 0 aliphatic rings. The SMILES string of the molecule is NCCOc1cnn(Cc2ccc(Cl)cc2Cl)c(=O)c1. The highest BCUT2D eigenvalue weighted by Crippen LogP contribution is 2.21. The van der Waals surface area contributed by atoms with Gasteiger partial charge in [-0.2, -0.15) is 5.10 Å². The van der Waals surface area contributed by atoms with E-state index < -0.39 is 0 Å². The summed E-state index contributed by atoms with van der Waals surface area (Å²) in [7, 11) is 0. The minimum absolute atomic E-state index is 0.270. The van der Waals surface area contributed by atoms with Gasteiger partial charge in [0.05, 0.1) is 12.7 Å². The van der Waals surface area contributed by atoms with Gasteiger partial charge in [-0.05, 0) is 17.7 Å². The normalized spacial score (nSPS) is 10.6. The number of ether oxygens (including phenoxy) is 1. The van der Waals surface area contributed by atoms with Crippen molar-refractivity contribution in [2.75, 3.05) is 13.2 Å². The van der Waals surface area contributed by atoms with Crippen LogP contribution in [0.25, 0.3) is 0 Å². The summed E-state index contributed by atoms with van der Waals surface area (Å²) < 4.78 is 6.53. The lowest BCUT2D eigenvalue weighted by Gasteiger charge is -2.08. The molecule has 0 bridgehead atoms. The Morgan fingerprint density at radius 1 is 1.30 bits per heavy atom. The molecule has 1 aromatic heterocycles. The van der Waals surface area contributed by atoms with Crippen LogP contribution in [-0.4, -0.2) is 22.9 Å². The summed E-state index contributed by atoms with van der Waals surface area (Å²) >= 11 is 11.9. The van der Waals surface area contributed by atoms with Crippen molar-refractivity contribution in [3.05, 3.63) is 56.4 Å². The zero-order valence-electron chi connectivity index (χ0n) is 10.6. The van der Waals surface area contributed by atoms with E-state index in [0.717, 1.165) is 5.56 Å². The molecule has 7 heteroatoms. The Kier molecular flexibility index (Phi) is 5.00. The fourth-order valence-corrected chi connectivity index (χ4v) is 2.07. The topological polar surface area (TPSA) is 70.1 Å². The summed E-state index contributed by atoms with van der Waals surface area (Å²) in [4.78, 5) is 11.9. The number of nitrogens with zero attached hydrogens (tertiary/aromatic N) is 2. The van der Waals surface area contributed by atoms with Crippen molar-refractivity contribution >= 4 is 23.2 Å². The quantitative estimate of drug-likeness (QED) is 0.915. The first-order chi connectivity index (χ1) is 9.60. The fraction of sp³-hybridized carbons (Fsp3) is 0.231. The largest absolute Gasteiger partial charge is 0.490 e. The average Bonchev–Trinajstić information content (AvgIpc) is 2.42. The molecule has 2 aromatic rings. The van der Waals surface area contributed by atoms with Crippen LogP contribution in [0.3, 0.4) is 0 Å². The number of hydrogen-bond donors (Lipinski definition) is 1. The maximum Gasteiger partial charge on any atom is 0.270 e. The summed E-state index contributed by atoms with van der Waals surface area (Å²) in [6.07, 6.45) is 1.47. The fourth-order valence-electron chi connectivity index (χ4n) is 1.60. The Bertz CT molecular complexity index is 658. The molecule has 0 atom stereocenters. The molecule has 2 rings (SSSR count). The van der Waals surface area contributed by atoms with Crippen molar-refractivity contribution in [3.8, 4) is 5.75 Å². The zero-order valence-corrected chi connectivity index (χ0v) is 12.1. The summed E-state index contributed by atoms with van der Waals surface area (Å²) in [5, 5.41) is 5.08. The van der Waals surface area contributed by atoms with E-state index in [2.05, 4.69) is 5.10 Å².